The third-order valence-electron chi connectivity index (χ3n) is 5.32. The Balaban J connectivity index is 0. The van der Waals surface area contributed by atoms with Crippen LogP contribution in [0.15, 0.2) is 166 Å². The van der Waals surface area contributed by atoms with Gasteiger partial charge in [-0.2, -0.15) is 5.26 Å². The summed E-state index contributed by atoms with van der Waals surface area (Å²) in [6, 6.07) is 46.3. The SMILES string of the molecule is CC([O-])=Nc1ccccc1.CC([O-])=Nc1ccccc1.CC([O-])=Nc1ccccc1.CC([O-])=Nc1ccccc1.Cc1cccc(C#N)c1.[Rh+2].[Rh+2]. The summed E-state index contributed by atoms with van der Waals surface area (Å²) in [6.45, 7) is 7.72. The number of rotatable bonds is 4. The Morgan fingerprint density at radius 1 is 0.431 bits per heavy atom. The van der Waals surface area contributed by atoms with Gasteiger partial charge in [0.15, 0.2) is 0 Å². The molecule has 0 spiro atoms. The van der Waals surface area contributed by atoms with E-state index < -0.39 is 0 Å². The molecule has 0 amide bonds. The van der Waals surface area contributed by atoms with Crippen molar-refractivity contribution in [1.29, 1.82) is 5.26 Å². The Morgan fingerprint density at radius 2 is 0.686 bits per heavy atom. The topological polar surface area (TPSA) is 165 Å². The molecular weight excluding hydrogens is 820 g/mol. The van der Waals surface area contributed by atoms with Crippen LogP contribution in [0.25, 0.3) is 0 Å². The van der Waals surface area contributed by atoms with E-state index in [0.29, 0.717) is 0 Å². The van der Waals surface area contributed by atoms with Gasteiger partial charge in [0.25, 0.3) is 0 Å². The number of aliphatic imine (C=N–C) groups is 4. The van der Waals surface area contributed by atoms with Crippen LogP contribution in [0, 0.1) is 18.3 Å². The molecule has 5 rings (SSSR count). The van der Waals surface area contributed by atoms with Gasteiger partial charge in [-0.15, -0.1) is 0 Å². The van der Waals surface area contributed by atoms with Crippen LogP contribution in [-0.4, -0.2) is 23.6 Å². The monoisotopic (exact) mass is 859 g/mol. The number of hydrogen-bond donors (Lipinski definition) is 0. The van der Waals surface area contributed by atoms with Gasteiger partial charge < -0.3 is 20.4 Å². The van der Waals surface area contributed by atoms with Crippen molar-refractivity contribution in [1.82, 2.24) is 0 Å². The first-order valence-electron chi connectivity index (χ1n) is 15.0. The van der Waals surface area contributed by atoms with E-state index in [9.17, 15) is 20.4 Å². The Bertz CT molecular complexity index is 1570. The molecule has 0 N–H and O–H groups in total. The summed E-state index contributed by atoms with van der Waals surface area (Å²) >= 11 is 0. The van der Waals surface area contributed by atoms with E-state index in [1.54, 1.807) is 54.6 Å². The zero-order valence-corrected chi connectivity index (χ0v) is 32.2. The predicted octanol–water partition coefficient (Wildman–Crippen LogP) is 6.25. The van der Waals surface area contributed by atoms with Crippen LogP contribution in [-0.2, 0) is 39.0 Å². The molecule has 0 aliphatic rings. The number of para-hydroxylation sites is 4. The molecule has 0 aliphatic carbocycles. The first-order valence-corrected chi connectivity index (χ1v) is 15.0. The summed E-state index contributed by atoms with van der Waals surface area (Å²) in [5.41, 5.74) is 4.74. The summed E-state index contributed by atoms with van der Waals surface area (Å²) < 4.78 is 0. The van der Waals surface area contributed by atoms with Gasteiger partial charge in [0.05, 0.1) is 34.4 Å². The van der Waals surface area contributed by atoms with Gasteiger partial charge in [-0.05, 0) is 124 Å². The molecule has 2 radical (unpaired) electrons. The van der Waals surface area contributed by atoms with Gasteiger partial charge in [0.2, 0.25) is 0 Å². The fraction of sp³-hybridized carbons (Fsp3) is 0.125. The minimum atomic E-state index is -0.161. The van der Waals surface area contributed by atoms with Crippen LogP contribution in [0.3, 0.4) is 0 Å². The average molecular weight is 860 g/mol. The zero-order chi connectivity index (χ0) is 36.3. The van der Waals surface area contributed by atoms with E-state index in [4.69, 9.17) is 5.26 Å². The molecule has 0 fully saturated rings. The molecule has 51 heavy (non-hydrogen) atoms. The molecule has 0 unspecified atom stereocenters. The quantitative estimate of drug-likeness (QED) is 0.118. The molecule has 0 atom stereocenters. The Labute approximate surface area is 326 Å². The van der Waals surface area contributed by atoms with Crippen molar-refractivity contribution in [2.75, 3.05) is 0 Å². The molecule has 0 saturated heterocycles. The molecule has 5 aromatic carbocycles. The summed E-state index contributed by atoms with van der Waals surface area (Å²) in [4.78, 5) is 14.9. The van der Waals surface area contributed by atoms with E-state index in [1.807, 2.05) is 97.9 Å². The predicted molar refractivity (Wildman–Crippen MR) is 193 cm³/mol. The normalized spacial score (nSPS) is 10.5. The van der Waals surface area contributed by atoms with E-state index in [0.717, 1.165) is 33.9 Å². The van der Waals surface area contributed by atoms with Gasteiger partial charge in [0, 0.05) is 0 Å². The van der Waals surface area contributed by atoms with E-state index >= 15 is 0 Å². The second-order valence-electron chi connectivity index (χ2n) is 9.85. The Morgan fingerprint density at radius 3 is 0.863 bits per heavy atom. The first kappa shape index (κ1) is 47.8. The van der Waals surface area contributed by atoms with Gasteiger partial charge in [-0.3, -0.25) is 20.0 Å². The summed E-state index contributed by atoms with van der Waals surface area (Å²) in [7, 11) is 0. The number of hydrogen-bond acceptors (Lipinski definition) is 9. The number of nitrogens with zero attached hydrogens (tertiary/aromatic N) is 5. The van der Waals surface area contributed by atoms with Crippen molar-refractivity contribution < 1.29 is 59.4 Å². The van der Waals surface area contributed by atoms with E-state index in [1.165, 1.54) is 27.7 Å². The summed E-state index contributed by atoms with van der Waals surface area (Å²) in [5, 5.41) is 50.2. The number of nitriles is 1. The van der Waals surface area contributed by atoms with Crippen molar-refractivity contribution in [2.45, 2.75) is 34.6 Å². The minimum Gasteiger partial charge on any atom is -0.862 e. The molecule has 0 heterocycles. The summed E-state index contributed by atoms with van der Waals surface area (Å²) in [6.07, 6.45) is 0. The molecule has 0 aromatic heterocycles. The maximum atomic E-state index is 10.4. The second kappa shape index (κ2) is 29.6. The summed E-state index contributed by atoms with van der Waals surface area (Å²) in [5.74, 6) is -0.644. The van der Waals surface area contributed by atoms with Gasteiger partial charge in [0.1, 0.15) is 0 Å². The zero-order valence-electron chi connectivity index (χ0n) is 28.9. The number of benzene rings is 5. The first-order chi connectivity index (χ1) is 23.5. The average Bonchev–Trinajstić information content (AvgIpc) is 3.07. The van der Waals surface area contributed by atoms with E-state index in [-0.39, 0.29) is 62.5 Å². The fourth-order valence-corrected chi connectivity index (χ4v) is 3.45. The van der Waals surface area contributed by atoms with Crippen LogP contribution in [0.4, 0.5) is 22.7 Å². The molecule has 9 nitrogen and oxygen atoms in total. The van der Waals surface area contributed by atoms with Crippen LogP contribution >= 0.6 is 0 Å². The second-order valence-corrected chi connectivity index (χ2v) is 9.85. The standard InChI is InChI=1S/4C8H9NO.C8H7N.2Rh/c4*1-7(10)9-8-5-3-2-4-6-8;1-7-3-2-4-8(5-7)6-9;;/h4*2-6H,1H3,(H,9,10);2-5H,1H3;;/q;;;;;2*+2/p-4. The van der Waals surface area contributed by atoms with Crippen molar-refractivity contribution in [2.24, 2.45) is 20.0 Å². The molecule has 0 saturated carbocycles. The maximum absolute atomic E-state index is 10.4. The molecule has 266 valence electrons. The van der Waals surface area contributed by atoms with E-state index in [2.05, 4.69) is 26.0 Å². The van der Waals surface area contributed by atoms with Gasteiger partial charge in [-0.25, -0.2) is 0 Å². The molecule has 5 aromatic rings. The fourth-order valence-electron chi connectivity index (χ4n) is 3.45. The molecule has 0 bridgehead atoms. The smallest absolute Gasteiger partial charge is 0.862 e. The van der Waals surface area contributed by atoms with Crippen LogP contribution in [0.5, 0.6) is 0 Å². The molecular formula is C40H39N5O4Rh2. The Kier molecular flexibility index (Phi) is 27.8. The maximum Gasteiger partial charge on any atom is 2.00 e. The van der Waals surface area contributed by atoms with Crippen LogP contribution < -0.4 is 20.4 Å². The Hall–Kier alpha value is -5.28. The molecule has 0 aliphatic heterocycles. The van der Waals surface area contributed by atoms with Gasteiger partial charge >= 0.3 is 39.0 Å². The number of aryl methyl sites for hydroxylation is 1. The van der Waals surface area contributed by atoms with Crippen LogP contribution in [0.2, 0.25) is 0 Å². The largest absolute Gasteiger partial charge is 2.00 e. The molecule has 11 heteroatoms. The minimum absolute atomic E-state index is 0. The third kappa shape index (κ3) is 27.3. The van der Waals surface area contributed by atoms with Crippen molar-refractivity contribution in [3.05, 3.63) is 157 Å². The van der Waals surface area contributed by atoms with Gasteiger partial charge in [-0.1, -0.05) is 84.9 Å². The third-order valence-corrected chi connectivity index (χ3v) is 5.32. The van der Waals surface area contributed by atoms with Crippen molar-refractivity contribution in [3.8, 4) is 6.07 Å². The van der Waals surface area contributed by atoms with Crippen molar-refractivity contribution >= 4 is 46.3 Å². The van der Waals surface area contributed by atoms with Crippen molar-refractivity contribution in [3.63, 3.8) is 0 Å². The van der Waals surface area contributed by atoms with Crippen LogP contribution in [0.1, 0.15) is 38.8 Å².